The van der Waals surface area contributed by atoms with Crippen molar-refractivity contribution in [1.82, 2.24) is 15.3 Å². The monoisotopic (exact) mass is 317 g/mol. The maximum atomic E-state index is 11.8. The molecule has 8 heteroatoms. The van der Waals surface area contributed by atoms with Crippen molar-refractivity contribution in [3.05, 3.63) is 67.5 Å². The molecule has 0 atom stereocenters. The van der Waals surface area contributed by atoms with Crippen LogP contribution in [0.3, 0.4) is 0 Å². The van der Waals surface area contributed by atoms with Crippen LogP contribution in [0.15, 0.2) is 33.9 Å². The number of H-pyrrole nitrogens is 2. The molecule has 1 aromatic carbocycles. The molecular weight excluding hydrogens is 302 g/mol. The van der Waals surface area contributed by atoms with E-state index in [0.717, 1.165) is 5.56 Å². The van der Waals surface area contributed by atoms with Crippen molar-refractivity contribution < 1.29 is 14.7 Å². The van der Waals surface area contributed by atoms with Crippen LogP contribution in [-0.2, 0) is 12.8 Å². The smallest absolute Gasteiger partial charge is 0.352 e. The highest BCUT2D eigenvalue weighted by Gasteiger charge is 2.15. The number of aromatic nitrogens is 2. The van der Waals surface area contributed by atoms with Gasteiger partial charge in [-0.2, -0.15) is 0 Å². The van der Waals surface area contributed by atoms with E-state index in [4.69, 9.17) is 5.11 Å². The van der Waals surface area contributed by atoms with E-state index < -0.39 is 22.9 Å². The van der Waals surface area contributed by atoms with Crippen molar-refractivity contribution in [2.75, 3.05) is 7.05 Å². The Kier molecular flexibility index (Phi) is 4.75. The second-order valence-electron chi connectivity index (χ2n) is 4.85. The first-order valence-corrected chi connectivity index (χ1v) is 6.82. The molecule has 0 aliphatic carbocycles. The van der Waals surface area contributed by atoms with Crippen LogP contribution in [0.2, 0.25) is 0 Å². The van der Waals surface area contributed by atoms with Gasteiger partial charge in [-0.05, 0) is 30.5 Å². The molecule has 1 heterocycles. The zero-order chi connectivity index (χ0) is 17.0. The molecule has 1 amide bonds. The third-order valence-electron chi connectivity index (χ3n) is 3.34. The van der Waals surface area contributed by atoms with Crippen LogP contribution in [0.5, 0.6) is 0 Å². The molecule has 2 rings (SSSR count). The average molecular weight is 317 g/mol. The number of amides is 1. The van der Waals surface area contributed by atoms with E-state index in [2.05, 4.69) is 10.3 Å². The van der Waals surface area contributed by atoms with Crippen LogP contribution in [0, 0.1) is 0 Å². The summed E-state index contributed by atoms with van der Waals surface area (Å²) in [6.45, 7) is 0. The van der Waals surface area contributed by atoms with Crippen molar-refractivity contribution in [2.24, 2.45) is 0 Å². The van der Waals surface area contributed by atoms with Gasteiger partial charge in [-0.25, -0.2) is 9.59 Å². The van der Waals surface area contributed by atoms with Crippen LogP contribution >= 0.6 is 0 Å². The molecule has 0 spiro atoms. The largest absolute Gasteiger partial charge is 0.477 e. The molecule has 0 radical (unpaired) electrons. The van der Waals surface area contributed by atoms with E-state index in [0.29, 0.717) is 12.0 Å². The standard InChI is InChI=1S/C15H15N3O5/c1-16-12(19)9-4-2-3-8(7-9)5-6-10-11(14(21)22)17-15(23)18-13(10)20/h2-4,7H,5-6H2,1H3,(H,16,19)(H,21,22)(H2,17,18,20,23). The Morgan fingerprint density at radius 3 is 2.57 bits per heavy atom. The number of carboxylic acid groups (broad SMARTS) is 1. The summed E-state index contributed by atoms with van der Waals surface area (Å²) in [5.74, 6) is -1.61. The number of aromatic carboxylic acids is 1. The zero-order valence-corrected chi connectivity index (χ0v) is 12.3. The molecule has 0 bridgehead atoms. The molecule has 120 valence electrons. The zero-order valence-electron chi connectivity index (χ0n) is 12.3. The number of hydrogen-bond acceptors (Lipinski definition) is 4. The molecule has 1 aromatic heterocycles. The first kappa shape index (κ1) is 16.2. The normalized spacial score (nSPS) is 10.3. The molecular formula is C15H15N3O5. The van der Waals surface area contributed by atoms with E-state index in [1.807, 2.05) is 4.98 Å². The number of rotatable bonds is 5. The van der Waals surface area contributed by atoms with Gasteiger partial charge in [0.15, 0.2) is 0 Å². The Morgan fingerprint density at radius 1 is 1.17 bits per heavy atom. The number of benzene rings is 1. The van der Waals surface area contributed by atoms with E-state index >= 15 is 0 Å². The summed E-state index contributed by atoms with van der Waals surface area (Å²) in [5.41, 5.74) is -0.776. The van der Waals surface area contributed by atoms with Gasteiger partial charge in [0, 0.05) is 18.2 Å². The molecule has 4 N–H and O–H groups in total. The number of carbonyl (C=O) groups is 2. The molecule has 2 aromatic rings. The second kappa shape index (κ2) is 6.73. The van der Waals surface area contributed by atoms with Crippen LogP contribution < -0.4 is 16.6 Å². The highest BCUT2D eigenvalue weighted by molar-refractivity contribution is 5.94. The minimum absolute atomic E-state index is 0.0116. The average Bonchev–Trinajstić information content (AvgIpc) is 2.52. The topological polar surface area (TPSA) is 132 Å². The fraction of sp³-hybridized carbons (Fsp3) is 0.200. The summed E-state index contributed by atoms with van der Waals surface area (Å²) >= 11 is 0. The Hall–Kier alpha value is -3.16. The third-order valence-corrected chi connectivity index (χ3v) is 3.34. The van der Waals surface area contributed by atoms with E-state index in [1.54, 1.807) is 24.3 Å². The van der Waals surface area contributed by atoms with Gasteiger partial charge in [0.1, 0.15) is 5.69 Å². The lowest BCUT2D eigenvalue weighted by Crippen LogP contribution is -2.30. The van der Waals surface area contributed by atoms with Gasteiger partial charge < -0.3 is 15.4 Å². The van der Waals surface area contributed by atoms with Crippen LogP contribution in [0.4, 0.5) is 0 Å². The van der Waals surface area contributed by atoms with E-state index in [-0.39, 0.29) is 17.9 Å². The highest BCUT2D eigenvalue weighted by Crippen LogP contribution is 2.09. The van der Waals surface area contributed by atoms with Gasteiger partial charge in [0.05, 0.1) is 0 Å². The first-order valence-electron chi connectivity index (χ1n) is 6.82. The lowest BCUT2D eigenvalue weighted by atomic mass is 10.0. The maximum absolute atomic E-state index is 11.8. The van der Waals surface area contributed by atoms with Crippen LogP contribution in [0.25, 0.3) is 0 Å². The fourth-order valence-corrected chi connectivity index (χ4v) is 2.22. The molecule has 0 fully saturated rings. The summed E-state index contributed by atoms with van der Waals surface area (Å²) < 4.78 is 0. The number of nitrogens with one attached hydrogen (secondary N) is 3. The van der Waals surface area contributed by atoms with Crippen molar-refractivity contribution in [2.45, 2.75) is 12.8 Å². The minimum atomic E-state index is -1.37. The van der Waals surface area contributed by atoms with Gasteiger partial charge in [0.25, 0.3) is 11.5 Å². The van der Waals surface area contributed by atoms with Crippen molar-refractivity contribution >= 4 is 11.9 Å². The van der Waals surface area contributed by atoms with Crippen LogP contribution in [-0.4, -0.2) is 34.0 Å². The number of aromatic amines is 2. The Morgan fingerprint density at radius 2 is 1.91 bits per heavy atom. The molecule has 23 heavy (non-hydrogen) atoms. The third kappa shape index (κ3) is 3.73. The Balaban J connectivity index is 2.28. The predicted octanol–water partition coefficient (Wildman–Crippen LogP) is -0.0938. The Bertz CT molecular complexity index is 866. The summed E-state index contributed by atoms with van der Waals surface area (Å²) in [5, 5.41) is 11.6. The number of hydrogen-bond donors (Lipinski definition) is 4. The second-order valence-corrected chi connectivity index (χ2v) is 4.85. The van der Waals surface area contributed by atoms with Crippen molar-refractivity contribution in [3.8, 4) is 0 Å². The minimum Gasteiger partial charge on any atom is -0.477 e. The molecule has 0 aliphatic rings. The summed E-state index contributed by atoms with van der Waals surface area (Å²) in [4.78, 5) is 49.8. The molecule has 8 nitrogen and oxygen atoms in total. The van der Waals surface area contributed by atoms with Crippen molar-refractivity contribution in [3.63, 3.8) is 0 Å². The highest BCUT2D eigenvalue weighted by atomic mass is 16.4. The fourth-order valence-electron chi connectivity index (χ4n) is 2.22. The molecule has 0 saturated carbocycles. The van der Waals surface area contributed by atoms with Gasteiger partial charge in [-0.1, -0.05) is 12.1 Å². The Labute approximate surface area is 130 Å². The van der Waals surface area contributed by atoms with Crippen LogP contribution in [0.1, 0.15) is 32.0 Å². The van der Waals surface area contributed by atoms with Gasteiger partial charge in [-0.15, -0.1) is 0 Å². The lowest BCUT2D eigenvalue weighted by molar-refractivity contribution is 0.0688. The van der Waals surface area contributed by atoms with Gasteiger partial charge in [-0.3, -0.25) is 14.6 Å². The molecule has 0 saturated heterocycles. The van der Waals surface area contributed by atoms with Crippen molar-refractivity contribution in [1.29, 1.82) is 0 Å². The summed E-state index contributed by atoms with van der Waals surface area (Å²) in [6.07, 6.45) is 0.463. The number of aryl methyl sites for hydroxylation is 1. The number of carbonyl (C=O) groups excluding carboxylic acids is 1. The van der Waals surface area contributed by atoms with Gasteiger partial charge in [0.2, 0.25) is 0 Å². The number of carboxylic acids is 1. The lowest BCUT2D eigenvalue weighted by Gasteiger charge is -2.06. The van der Waals surface area contributed by atoms with E-state index in [1.165, 1.54) is 7.05 Å². The quantitative estimate of drug-likeness (QED) is 0.611. The SMILES string of the molecule is CNC(=O)c1cccc(CCc2c(C(=O)O)[nH]c(=O)[nH]c2=O)c1. The molecule has 0 aliphatic heterocycles. The maximum Gasteiger partial charge on any atom is 0.352 e. The van der Waals surface area contributed by atoms with E-state index in [9.17, 15) is 19.2 Å². The predicted molar refractivity (Wildman–Crippen MR) is 81.9 cm³/mol. The molecule has 0 unspecified atom stereocenters. The summed E-state index contributed by atoms with van der Waals surface area (Å²) in [6, 6.07) is 6.79. The first-order chi connectivity index (χ1) is 10.9. The summed E-state index contributed by atoms with van der Waals surface area (Å²) in [7, 11) is 1.52. The van der Waals surface area contributed by atoms with Gasteiger partial charge >= 0.3 is 11.7 Å².